The summed E-state index contributed by atoms with van der Waals surface area (Å²) in [4.78, 5) is 194. The average molecular weight is 1570 g/mol. The van der Waals surface area contributed by atoms with E-state index < -0.39 is 144 Å². The van der Waals surface area contributed by atoms with Gasteiger partial charge in [0.15, 0.2) is 17.3 Å². The van der Waals surface area contributed by atoms with Crippen molar-refractivity contribution in [2.24, 2.45) is 53.3 Å². The maximum atomic E-state index is 15.2. The molecule has 113 heavy (non-hydrogen) atoms. The highest BCUT2D eigenvalue weighted by molar-refractivity contribution is 6.00. The standard InChI is InChI=1S/C64H114N10O11.C22H19N3O3/c1-26-28-29-42(15)43(16)55-58(79)67-47(27-2)61(82)68(19)35-53(76)69(20)48(30-36(3)4)52(75)34-46(40(11)12)60(81)70(21)49(31-37(5)6)57(78)65-44(17)56(77)66-45(18)59(80)71(22)50(32-38(7)8)62(83)72(23)51(33-39(9)10)63(84)73(24)54(41(13)14)64(85)74(55)25;26-20(25-9-1-2-10-25)14-15-7-8-16-17(13-15)24-22(19-6-4-12-28-19)21(23-16)18-5-3-11-27-18/h26,28,36-51,54-55H,27,29-35H2,1-25H3,(H,65,78)(H,66,77)(H,67,79);3-8,11-13H,1-2,9-10,14H2/b28-26+;/t42-,43-,44+,45-,46+,47+,48+,49+,50+,51+,54+,55+;/m1./s1. The lowest BCUT2D eigenvalue weighted by Crippen LogP contribution is -2.62. The van der Waals surface area contributed by atoms with Crippen molar-refractivity contribution in [2.75, 3.05) is 69.0 Å². The molecule has 0 unspecified atom stereocenters. The molecule has 0 aliphatic carbocycles. The fourth-order valence-electron chi connectivity index (χ4n) is 14.9. The largest absolute Gasteiger partial charge is 0.463 e. The SMILES string of the molecule is C/C=C/C[C@@H](C)[C@@H](C)[C@H]1C(=O)N[C@@H](CC)C(=O)N(C)CC(=O)N(C)[C@@H](CC(C)C)C(=O)C[C@@H](C(C)C)C(=O)N(C)[C@@H](CC(C)C)C(=O)N[C@@H](C)C(=O)N[C@H](C)C(=O)N(C)[C@@H](CC(C)C)C(=O)N(C)[C@@H](CC(C)C)C(=O)N(C)[C@@H](C(C)C)C(=O)N1C.O=C(Cc1ccc2nc(-c3ccco3)c(-c3ccco3)nc2c1)N1CCCC1. The van der Waals surface area contributed by atoms with E-state index in [0.717, 1.165) is 42.5 Å². The molecule has 12 atom stereocenters. The first-order valence-electron chi connectivity index (χ1n) is 40.5. The first-order valence-corrected chi connectivity index (χ1v) is 40.5. The Balaban J connectivity index is 0.000000665. The Bertz CT molecular complexity index is 3900. The molecule has 27 nitrogen and oxygen atoms in total. The molecule has 27 heteroatoms. The maximum absolute atomic E-state index is 15.2. The van der Waals surface area contributed by atoms with Crippen molar-refractivity contribution >= 4 is 81.8 Å². The number of hydrogen-bond acceptors (Lipinski definition) is 16. The Labute approximate surface area is 671 Å². The maximum Gasteiger partial charge on any atom is 0.246 e. The van der Waals surface area contributed by atoms with Crippen molar-refractivity contribution in [2.45, 2.75) is 243 Å². The number of nitrogens with one attached hydrogen (secondary N) is 3. The van der Waals surface area contributed by atoms with E-state index in [4.69, 9.17) is 18.8 Å². The van der Waals surface area contributed by atoms with Crippen molar-refractivity contribution in [3.8, 4) is 22.9 Å². The number of aromatic nitrogens is 2. The molecule has 626 valence electrons. The van der Waals surface area contributed by atoms with Crippen LogP contribution in [0.3, 0.4) is 0 Å². The molecule has 4 aromatic rings. The molecule has 1 aromatic carbocycles. The minimum atomic E-state index is -1.20. The third kappa shape index (κ3) is 25.3. The summed E-state index contributed by atoms with van der Waals surface area (Å²) in [5.41, 5.74) is 3.67. The molecular formula is C86H133N13O14. The normalized spacial score (nSPS) is 23.8. The van der Waals surface area contributed by atoms with E-state index in [1.54, 1.807) is 47.1 Å². The fraction of sp³-hybridized carbons (Fsp3) is 0.651. The molecule has 2 aliphatic heterocycles. The number of hydrogen-bond donors (Lipinski definition) is 3. The summed E-state index contributed by atoms with van der Waals surface area (Å²) >= 11 is 0. The highest BCUT2D eigenvalue weighted by Gasteiger charge is 2.46. The predicted molar refractivity (Wildman–Crippen MR) is 437 cm³/mol. The van der Waals surface area contributed by atoms with Crippen LogP contribution in [0.25, 0.3) is 33.9 Å². The quantitative estimate of drug-likeness (QED) is 0.0735. The number of carbonyl (C=O) groups is 12. The number of carbonyl (C=O) groups excluding carboxylic acids is 12. The van der Waals surface area contributed by atoms with Gasteiger partial charge in [-0.05, 0) is 161 Å². The third-order valence-electron chi connectivity index (χ3n) is 22.0. The zero-order valence-electron chi connectivity index (χ0n) is 72.1. The van der Waals surface area contributed by atoms with Crippen molar-refractivity contribution in [3.05, 3.63) is 72.7 Å². The second-order valence-electron chi connectivity index (χ2n) is 33.7. The van der Waals surface area contributed by atoms with E-state index in [-0.39, 0.29) is 79.8 Å². The van der Waals surface area contributed by atoms with E-state index in [1.807, 2.05) is 136 Å². The van der Waals surface area contributed by atoms with Gasteiger partial charge in [-0.25, -0.2) is 9.97 Å². The molecule has 3 N–H and O–H groups in total. The summed E-state index contributed by atoms with van der Waals surface area (Å²) in [6.45, 7) is 34.0. The van der Waals surface area contributed by atoms with Crippen molar-refractivity contribution < 1.29 is 66.4 Å². The summed E-state index contributed by atoms with van der Waals surface area (Å²) in [5.74, 6) is -7.69. The number of likely N-dealkylation sites (N-methyl/N-ethyl adjacent to an activating group) is 7. The molecule has 2 saturated heterocycles. The van der Waals surface area contributed by atoms with Crippen LogP contribution in [0.4, 0.5) is 0 Å². The molecule has 0 bridgehead atoms. The van der Waals surface area contributed by atoms with Gasteiger partial charge in [0, 0.05) is 74.8 Å². The summed E-state index contributed by atoms with van der Waals surface area (Å²) in [6, 6.07) is 3.02. The van der Waals surface area contributed by atoms with Gasteiger partial charge in [-0.15, -0.1) is 0 Å². The van der Waals surface area contributed by atoms with Crippen LogP contribution < -0.4 is 16.0 Å². The van der Waals surface area contributed by atoms with Crippen LogP contribution in [0.15, 0.2) is 76.0 Å². The van der Waals surface area contributed by atoms with Crippen LogP contribution in [0, 0.1) is 53.3 Å². The van der Waals surface area contributed by atoms with Crippen LogP contribution in [-0.4, -0.2) is 243 Å². The van der Waals surface area contributed by atoms with E-state index in [0.29, 0.717) is 35.7 Å². The number of likely N-dealkylation sites (tertiary alicyclic amines) is 1. The van der Waals surface area contributed by atoms with Gasteiger partial charge in [0.1, 0.15) is 59.7 Å². The highest BCUT2D eigenvalue weighted by Crippen LogP contribution is 2.34. The van der Waals surface area contributed by atoms with Gasteiger partial charge in [0.05, 0.1) is 42.6 Å². The lowest BCUT2D eigenvalue weighted by molar-refractivity contribution is -0.156. The van der Waals surface area contributed by atoms with Gasteiger partial charge in [0.2, 0.25) is 65.0 Å². The smallest absolute Gasteiger partial charge is 0.246 e. The van der Waals surface area contributed by atoms with Crippen LogP contribution in [0.5, 0.6) is 0 Å². The number of nitrogens with zero attached hydrogens (tertiary/aromatic N) is 10. The number of furan rings is 2. The Hall–Kier alpha value is -9.30. The summed E-state index contributed by atoms with van der Waals surface area (Å²) in [7, 11) is 10.4. The topological polar surface area (TPSA) is 319 Å². The van der Waals surface area contributed by atoms with Gasteiger partial charge in [0.25, 0.3) is 0 Å². The monoisotopic (exact) mass is 1570 g/mol. The molecule has 2 fully saturated rings. The van der Waals surface area contributed by atoms with Gasteiger partial charge >= 0.3 is 0 Å². The van der Waals surface area contributed by atoms with Gasteiger partial charge in [-0.2, -0.15) is 0 Å². The molecule has 6 rings (SSSR count). The lowest BCUT2D eigenvalue weighted by Gasteiger charge is -2.42. The predicted octanol–water partition coefficient (Wildman–Crippen LogP) is 9.95. The summed E-state index contributed by atoms with van der Waals surface area (Å²) in [5, 5.41) is 8.35. The third-order valence-corrected chi connectivity index (χ3v) is 22.0. The molecule has 2 aliphatic rings. The van der Waals surface area contributed by atoms with E-state index in [1.165, 1.54) is 97.5 Å². The molecule has 0 spiro atoms. The Morgan fingerprint density at radius 3 is 1.50 bits per heavy atom. The number of benzene rings is 1. The second kappa shape index (κ2) is 43.3. The van der Waals surface area contributed by atoms with Crippen LogP contribution in [-0.2, 0) is 64.0 Å². The zero-order chi connectivity index (χ0) is 84.9. The number of fused-ring (bicyclic) bond motifs is 1. The molecule has 0 radical (unpaired) electrons. The van der Waals surface area contributed by atoms with E-state index in [9.17, 15) is 47.9 Å². The number of ketones is 1. The fourth-order valence-corrected chi connectivity index (χ4v) is 14.9. The Morgan fingerprint density at radius 1 is 0.522 bits per heavy atom. The van der Waals surface area contributed by atoms with Gasteiger partial charge in [-0.3, -0.25) is 57.5 Å². The molecular weight excluding hydrogens is 1440 g/mol. The highest BCUT2D eigenvalue weighted by atomic mass is 16.3. The summed E-state index contributed by atoms with van der Waals surface area (Å²) < 4.78 is 11.1. The zero-order valence-corrected chi connectivity index (χ0v) is 72.1. The van der Waals surface area contributed by atoms with E-state index in [2.05, 4.69) is 16.0 Å². The second-order valence-corrected chi connectivity index (χ2v) is 33.7. The number of amides is 11. The Kier molecular flexibility index (Phi) is 36.1. The van der Waals surface area contributed by atoms with Crippen LogP contribution >= 0.6 is 0 Å². The Morgan fingerprint density at radius 2 is 1.01 bits per heavy atom. The number of rotatable bonds is 19. The summed E-state index contributed by atoms with van der Waals surface area (Å²) in [6.07, 6.45) is 10.9. The van der Waals surface area contributed by atoms with Crippen LogP contribution in [0.1, 0.15) is 188 Å². The minimum absolute atomic E-state index is 0.0759. The molecule has 0 saturated carbocycles. The van der Waals surface area contributed by atoms with Gasteiger partial charge < -0.3 is 64.0 Å². The molecule has 5 heterocycles. The van der Waals surface area contributed by atoms with E-state index >= 15 is 9.59 Å². The molecule has 3 aromatic heterocycles. The lowest BCUT2D eigenvalue weighted by atomic mass is 9.84. The minimum Gasteiger partial charge on any atom is -0.463 e. The average Bonchev–Trinajstić information content (AvgIpc) is 1.53. The first kappa shape index (κ1) is 94.3. The van der Waals surface area contributed by atoms with Crippen LogP contribution in [0.2, 0.25) is 0 Å². The molecule has 11 amide bonds. The number of allylic oxidation sites excluding steroid dienone is 2. The first-order chi connectivity index (χ1) is 53.0. The number of Topliss-reactive ketones (excluding diaryl/α,β-unsaturated/α-hetero) is 1. The van der Waals surface area contributed by atoms with Crippen molar-refractivity contribution in [1.82, 2.24) is 65.1 Å². The van der Waals surface area contributed by atoms with Crippen molar-refractivity contribution in [3.63, 3.8) is 0 Å². The van der Waals surface area contributed by atoms with Gasteiger partial charge in [-0.1, -0.05) is 122 Å². The van der Waals surface area contributed by atoms with Crippen molar-refractivity contribution in [1.29, 1.82) is 0 Å².